The lowest BCUT2D eigenvalue weighted by atomic mass is 10.1. The maximum atomic E-state index is 5.67. The SMILES string of the molecule is NNC(CCc1cccs1)c1cnn(-c2ccccc2)n1. The van der Waals surface area contributed by atoms with Gasteiger partial charge in [0.2, 0.25) is 0 Å². The number of nitrogens with zero attached hydrogens (tertiary/aromatic N) is 3. The van der Waals surface area contributed by atoms with Crippen molar-refractivity contribution >= 4 is 11.3 Å². The Bertz CT molecular complexity index is 662. The number of hydrogen-bond acceptors (Lipinski definition) is 5. The lowest BCUT2D eigenvalue weighted by Crippen LogP contribution is -2.28. The Morgan fingerprint density at radius 1 is 1.19 bits per heavy atom. The fourth-order valence-electron chi connectivity index (χ4n) is 2.18. The first-order valence-corrected chi connectivity index (χ1v) is 7.71. The number of benzene rings is 1. The van der Waals surface area contributed by atoms with Crippen molar-refractivity contribution in [1.82, 2.24) is 20.4 Å². The second-order valence-electron chi connectivity index (χ2n) is 4.73. The number of thiophene rings is 1. The molecule has 0 aliphatic heterocycles. The zero-order chi connectivity index (χ0) is 14.5. The fraction of sp³-hybridized carbons (Fsp3) is 0.200. The molecule has 0 aliphatic carbocycles. The summed E-state index contributed by atoms with van der Waals surface area (Å²) >= 11 is 1.76. The van der Waals surface area contributed by atoms with Gasteiger partial charge in [0.05, 0.1) is 17.9 Å². The van der Waals surface area contributed by atoms with Crippen molar-refractivity contribution in [1.29, 1.82) is 0 Å². The highest BCUT2D eigenvalue weighted by Gasteiger charge is 2.14. The summed E-state index contributed by atoms with van der Waals surface area (Å²) in [6.45, 7) is 0. The van der Waals surface area contributed by atoms with Gasteiger partial charge in [-0.2, -0.15) is 15.0 Å². The van der Waals surface area contributed by atoms with E-state index in [1.807, 2.05) is 30.3 Å². The lowest BCUT2D eigenvalue weighted by Gasteiger charge is -2.11. The average molecular weight is 299 g/mol. The van der Waals surface area contributed by atoms with Gasteiger partial charge in [0.1, 0.15) is 5.69 Å². The standard InChI is InChI=1S/C15H17N5S/c16-18-14(9-8-13-7-4-10-21-13)15-11-17-20(19-15)12-5-2-1-3-6-12/h1-7,10-11,14,18H,8-9,16H2. The molecule has 0 fully saturated rings. The van der Waals surface area contributed by atoms with E-state index in [9.17, 15) is 0 Å². The van der Waals surface area contributed by atoms with E-state index in [0.717, 1.165) is 24.2 Å². The summed E-state index contributed by atoms with van der Waals surface area (Å²) in [6, 6.07) is 14.1. The smallest absolute Gasteiger partial charge is 0.101 e. The third-order valence-corrected chi connectivity index (χ3v) is 4.25. The van der Waals surface area contributed by atoms with Gasteiger partial charge in [-0.3, -0.25) is 11.3 Å². The molecule has 3 rings (SSSR count). The van der Waals surface area contributed by atoms with E-state index in [-0.39, 0.29) is 6.04 Å². The van der Waals surface area contributed by atoms with E-state index in [2.05, 4.69) is 33.1 Å². The molecule has 0 spiro atoms. The molecule has 0 aliphatic rings. The number of aryl methyl sites for hydroxylation is 1. The van der Waals surface area contributed by atoms with E-state index in [1.165, 1.54) is 4.88 Å². The Balaban J connectivity index is 1.71. The van der Waals surface area contributed by atoms with Crippen molar-refractivity contribution in [3.8, 4) is 5.69 Å². The van der Waals surface area contributed by atoms with Crippen molar-refractivity contribution in [3.05, 3.63) is 64.6 Å². The zero-order valence-electron chi connectivity index (χ0n) is 11.5. The van der Waals surface area contributed by atoms with Crippen molar-refractivity contribution in [2.45, 2.75) is 18.9 Å². The van der Waals surface area contributed by atoms with Crippen LogP contribution in [0.2, 0.25) is 0 Å². The van der Waals surface area contributed by atoms with Crippen LogP contribution in [0.1, 0.15) is 23.0 Å². The van der Waals surface area contributed by atoms with Gasteiger partial charge in [-0.1, -0.05) is 24.3 Å². The molecule has 1 aromatic carbocycles. The Morgan fingerprint density at radius 2 is 2.05 bits per heavy atom. The molecule has 0 amide bonds. The molecule has 108 valence electrons. The fourth-order valence-corrected chi connectivity index (χ4v) is 2.90. The number of hydrogen-bond donors (Lipinski definition) is 2. The Labute approximate surface area is 127 Å². The van der Waals surface area contributed by atoms with E-state index in [0.29, 0.717) is 0 Å². The van der Waals surface area contributed by atoms with Gasteiger partial charge < -0.3 is 0 Å². The number of nitrogens with two attached hydrogens (primary N) is 1. The monoisotopic (exact) mass is 299 g/mol. The summed E-state index contributed by atoms with van der Waals surface area (Å²) < 4.78 is 0. The second-order valence-corrected chi connectivity index (χ2v) is 5.76. The minimum atomic E-state index is 0.00422. The number of aromatic nitrogens is 3. The second kappa shape index (κ2) is 6.62. The van der Waals surface area contributed by atoms with E-state index in [4.69, 9.17) is 5.84 Å². The van der Waals surface area contributed by atoms with Crippen LogP contribution in [0.4, 0.5) is 0 Å². The van der Waals surface area contributed by atoms with Crippen molar-refractivity contribution < 1.29 is 0 Å². The Morgan fingerprint density at radius 3 is 2.76 bits per heavy atom. The van der Waals surface area contributed by atoms with Crippen LogP contribution in [0.3, 0.4) is 0 Å². The maximum Gasteiger partial charge on any atom is 0.101 e. The maximum absolute atomic E-state index is 5.67. The first kappa shape index (κ1) is 13.9. The highest BCUT2D eigenvalue weighted by molar-refractivity contribution is 7.09. The van der Waals surface area contributed by atoms with Gasteiger partial charge in [-0.25, -0.2) is 0 Å². The predicted octanol–water partition coefficient (Wildman–Crippen LogP) is 2.47. The van der Waals surface area contributed by atoms with Crippen LogP contribution in [-0.4, -0.2) is 15.0 Å². The molecule has 2 heterocycles. The van der Waals surface area contributed by atoms with Crippen molar-refractivity contribution in [2.75, 3.05) is 0 Å². The quantitative estimate of drug-likeness (QED) is 0.542. The Hall–Kier alpha value is -2.02. The normalized spacial score (nSPS) is 12.4. The van der Waals surface area contributed by atoms with Gasteiger partial charge in [0.15, 0.2) is 0 Å². The minimum Gasteiger partial charge on any atom is -0.271 e. The summed E-state index contributed by atoms with van der Waals surface area (Å²) in [6.07, 6.45) is 3.64. The molecule has 1 unspecified atom stereocenters. The van der Waals surface area contributed by atoms with Gasteiger partial charge >= 0.3 is 0 Å². The molecule has 1 atom stereocenters. The minimum absolute atomic E-state index is 0.00422. The summed E-state index contributed by atoms with van der Waals surface area (Å²) in [5.74, 6) is 5.67. The topological polar surface area (TPSA) is 68.8 Å². The third kappa shape index (κ3) is 3.36. The summed E-state index contributed by atoms with van der Waals surface area (Å²) in [5, 5.41) is 10.9. The molecule has 5 nitrogen and oxygen atoms in total. The van der Waals surface area contributed by atoms with Crippen LogP contribution in [-0.2, 0) is 6.42 Å². The van der Waals surface area contributed by atoms with Crippen LogP contribution in [0.25, 0.3) is 5.69 Å². The molecule has 3 aromatic rings. The molecule has 3 N–H and O–H groups in total. The van der Waals surface area contributed by atoms with Crippen LogP contribution < -0.4 is 11.3 Å². The molecule has 6 heteroatoms. The van der Waals surface area contributed by atoms with Gasteiger partial charge in [0.25, 0.3) is 0 Å². The van der Waals surface area contributed by atoms with Crippen LogP contribution >= 0.6 is 11.3 Å². The lowest BCUT2D eigenvalue weighted by molar-refractivity contribution is 0.502. The van der Waals surface area contributed by atoms with Crippen LogP contribution in [0.15, 0.2) is 54.0 Å². The summed E-state index contributed by atoms with van der Waals surface area (Å²) in [7, 11) is 0. The summed E-state index contributed by atoms with van der Waals surface area (Å²) in [5.41, 5.74) is 4.64. The number of nitrogens with one attached hydrogen (secondary N) is 1. The van der Waals surface area contributed by atoms with E-state index >= 15 is 0 Å². The molecule has 0 saturated heterocycles. The third-order valence-electron chi connectivity index (χ3n) is 3.31. The molecular weight excluding hydrogens is 282 g/mol. The first-order chi connectivity index (χ1) is 10.4. The van der Waals surface area contributed by atoms with Gasteiger partial charge in [0, 0.05) is 4.88 Å². The van der Waals surface area contributed by atoms with Crippen molar-refractivity contribution in [2.24, 2.45) is 5.84 Å². The van der Waals surface area contributed by atoms with Crippen LogP contribution in [0, 0.1) is 0 Å². The van der Waals surface area contributed by atoms with Gasteiger partial charge in [-0.05, 0) is 36.4 Å². The summed E-state index contributed by atoms with van der Waals surface area (Å²) in [4.78, 5) is 2.98. The van der Waals surface area contributed by atoms with Gasteiger partial charge in [-0.15, -0.1) is 11.3 Å². The molecule has 0 saturated carbocycles. The number of rotatable bonds is 6. The van der Waals surface area contributed by atoms with Crippen molar-refractivity contribution in [3.63, 3.8) is 0 Å². The molecule has 0 bridgehead atoms. The predicted molar refractivity (Wildman–Crippen MR) is 84.1 cm³/mol. The molecule has 21 heavy (non-hydrogen) atoms. The average Bonchev–Trinajstić information content (AvgIpc) is 3.20. The molecular formula is C15H17N5S. The van der Waals surface area contributed by atoms with E-state index in [1.54, 1.807) is 22.3 Å². The zero-order valence-corrected chi connectivity index (χ0v) is 12.3. The highest BCUT2D eigenvalue weighted by atomic mass is 32.1. The van der Waals surface area contributed by atoms with E-state index < -0.39 is 0 Å². The molecule has 2 aromatic heterocycles. The van der Waals surface area contributed by atoms with Crippen LogP contribution in [0.5, 0.6) is 0 Å². The highest BCUT2D eigenvalue weighted by Crippen LogP contribution is 2.19. The number of para-hydroxylation sites is 1. The Kier molecular flexibility index (Phi) is 4.40. The first-order valence-electron chi connectivity index (χ1n) is 6.83. The molecule has 0 radical (unpaired) electrons. The number of hydrazine groups is 1. The largest absolute Gasteiger partial charge is 0.271 e.